The zero-order valence-corrected chi connectivity index (χ0v) is 13.5. The van der Waals surface area contributed by atoms with Gasteiger partial charge in [-0.05, 0) is 24.3 Å². The summed E-state index contributed by atoms with van der Waals surface area (Å²) in [4.78, 5) is 27.3. The van der Waals surface area contributed by atoms with E-state index in [9.17, 15) is 9.59 Å². The molecule has 1 amide bonds. The molecule has 0 aliphatic carbocycles. The third kappa shape index (κ3) is 2.66. The maximum Gasteiger partial charge on any atom is 0.337 e. The molecule has 0 fully saturated rings. The van der Waals surface area contributed by atoms with E-state index in [2.05, 4.69) is 10.3 Å². The van der Waals surface area contributed by atoms with Gasteiger partial charge in [-0.3, -0.25) is 4.79 Å². The summed E-state index contributed by atoms with van der Waals surface area (Å²) in [6, 6.07) is 7.00. The van der Waals surface area contributed by atoms with Crippen molar-refractivity contribution in [3.63, 3.8) is 0 Å². The molecule has 0 spiro atoms. The summed E-state index contributed by atoms with van der Waals surface area (Å²) in [7, 11) is 10.2. The largest absolute Gasteiger partial charge is 0.465 e. The fourth-order valence-corrected chi connectivity index (χ4v) is 2.67. The third-order valence-electron chi connectivity index (χ3n) is 3.80. The van der Waals surface area contributed by atoms with Crippen LogP contribution < -0.4 is 5.32 Å². The normalized spacial score (nSPS) is 10.8. The number of nitrogens with one attached hydrogen (secondary N) is 1. The van der Waals surface area contributed by atoms with Gasteiger partial charge in [-0.1, -0.05) is 0 Å². The van der Waals surface area contributed by atoms with Crippen molar-refractivity contribution < 1.29 is 14.3 Å². The first-order valence-electron chi connectivity index (χ1n) is 7.18. The van der Waals surface area contributed by atoms with E-state index < -0.39 is 11.8 Å². The number of aromatic nitrogens is 3. The molecule has 8 heteroatoms. The van der Waals surface area contributed by atoms with Gasteiger partial charge < -0.3 is 19.2 Å². The molecule has 0 saturated heterocycles. The van der Waals surface area contributed by atoms with Gasteiger partial charge in [-0.2, -0.15) is 0 Å². The van der Waals surface area contributed by atoms with E-state index >= 15 is 0 Å². The molecule has 3 rings (SSSR count). The lowest BCUT2D eigenvalue weighted by Crippen LogP contribution is -2.07. The molecule has 0 atom stereocenters. The van der Waals surface area contributed by atoms with Crippen molar-refractivity contribution in [1.82, 2.24) is 14.1 Å². The Morgan fingerprint density at radius 1 is 1.25 bits per heavy atom. The molecule has 1 N–H and O–H groups in total. The average molecular weight is 322 g/mol. The maximum atomic E-state index is 11.7. The standard InChI is InChI=1S/C16H15BN4O3/c1-20-8-10(18-16(17)23)7-13(20)14-19-11-6-9(15(22)24-3)4-5-12(11)21(14)2/h4-8H,1-3H3,(H,18,23). The SMILES string of the molecule is [B]C(=O)Nc1cc(-c2nc3cc(C(=O)OC)ccc3n2C)n(C)c1. The highest BCUT2D eigenvalue weighted by Crippen LogP contribution is 2.27. The molecule has 0 bridgehead atoms. The van der Waals surface area contributed by atoms with Crippen molar-refractivity contribution in [3.05, 3.63) is 36.0 Å². The lowest BCUT2D eigenvalue weighted by Gasteiger charge is -2.03. The minimum absolute atomic E-state index is 0.407. The predicted molar refractivity (Wildman–Crippen MR) is 91.2 cm³/mol. The van der Waals surface area contributed by atoms with Gasteiger partial charge >= 0.3 is 5.97 Å². The van der Waals surface area contributed by atoms with Gasteiger partial charge in [0.05, 0.1) is 35.1 Å². The smallest absolute Gasteiger partial charge is 0.337 e. The lowest BCUT2D eigenvalue weighted by molar-refractivity contribution is 0.0601. The molecular formula is C16H15BN4O3. The van der Waals surface area contributed by atoms with Crippen molar-refractivity contribution in [2.24, 2.45) is 14.1 Å². The number of aryl methyl sites for hydroxylation is 2. The van der Waals surface area contributed by atoms with Gasteiger partial charge in [-0.15, -0.1) is 0 Å². The van der Waals surface area contributed by atoms with E-state index in [0.717, 1.165) is 11.2 Å². The molecule has 7 nitrogen and oxygen atoms in total. The molecule has 0 aliphatic rings. The number of carbonyl (C=O) groups is 2. The quantitative estimate of drug-likeness (QED) is 0.591. The number of amides is 1. The number of hydrogen-bond donors (Lipinski definition) is 1. The molecule has 0 aliphatic heterocycles. The van der Waals surface area contributed by atoms with Crippen molar-refractivity contribution in [2.45, 2.75) is 0 Å². The molecule has 120 valence electrons. The minimum Gasteiger partial charge on any atom is -0.465 e. The summed E-state index contributed by atoms with van der Waals surface area (Å²) in [5, 5.41) is 2.54. The predicted octanol–water partition coefficient (Wildman–Crippen LogP) is 2.07. The molecule has 2 heterocycles. The summed E-state index contributed by atoms with van der Waals surface area (Å²) in [6.07, 6.45) is 1.75. The second-order valence-electron chi connectivity index (χ2n) is 5.40. The van der Waals surface area contributed by atoms with Crippen LogP contribution in [-0.4, -0.2) is 40.9 Å². The summed E-state index contributed by atoms with van der Waals surface area (Å²) in [5.41, 5.74) is 3.39. The van der Waals surface area contributed by atoms with Crippen molar-refractivity contribution in [2.75, 3.05) is 12.4 Å². The van der Waals surface area contributed by atoms with E-state index in [1.54, 1.807) is 24.4 Å². The molecular weight excluding hydrogens is 307 g/mol. The van der Waals surface area contributed by atoms with Crippen molar-refractivity contribution in [1.29, 1.82) is 0 Å². The number of carbonyl (C=O) groups excluding carboxylic acids is 2. The first-order valence-corrected chi connectivity index (χ1v) is 7.18. The van der Waals surface area contributed by atoms with Gasteiger partial charge in [0.25, 0.3) is 0 Å². The van der Waals surface area contributed by atoms with Crippen molar-refractivity contribution >= 4 is 36.3 Å². The Balaban J connectivity index is 2.10. The highest BCUT2D eigenvalue weighted by molar-refractivity contribution is 6.60. The van der Waals surface area contributed by atoms with Gasteiger partial charge in [0.15, 0.2) is 11.6 Å². The van der Waals surface area contributed by atoms with Crippen LogP contribution in [0.1, 0.15) is 10.4 Å². The molecule has 2 aromatic heterocycles. The summed E-state index contributed by atoms with van der Waals surface area (Å²) in [6.45, 7) is 0. The number of nitrogens with zero attached hydrogens (tertiary/aromatic N) is 3. The number of fused-ring (bicyclic) bond motifs is 1. The second-order valence-corrected chi connectivity index (χ2v) is 5.40. The Labute approximate surface area is 139 Å². The summed E-state index contributed by atoms with van der Waals surface area (Å²) < 4.78 is 8.49. The van der Waals surface area contributed by atoms with E-state index in [1.165, 1.54) is 7.11 Å². The second kappa shape index (κ2) is 5.88. The minimum atomic E-state index is -0.625. The van der Waals surface area contributed by atoms with Crippen LogP contribution in [0.2, 0.25) is 0 Å². The monoisotopic (exact) mass is 322 g/mol. The average Bonchev–Trinajstić information content (AvgIpc) is 3.05. The lowest BCUT2D eigenvalue weighted by atomic mass is 10.1. The molecule has 3 aromatic rings. The van der Waals surface area contributed by atoms with Gasteiger partial charge in [0, 0.05) is 20.3 Å². The van der Waals surface area contributed by atoms with E-state index in [0.29, 0.717) is 22.6 Å². The fraction of sp³-hybridized carbons (Fsp3) is 0.188. The number of anilines is 1. The van der Waals surface area contributed by atoms with E-state index in [-0.39, 0.29) is 0 Å². The van der Waals surface area contributed by atoms with Gasteiger partial charge in [0.2, 0.25) is 7.85 Å². The van der Waals surface area contributed by atoms with Crippen LogP contribution in [0.5, 0.6) is 0 Å². The number of methoxy groups -OCH3 is 1. The zero-order chi connectivity index (χ0) is 17.4. The van der Waals surface area contributed by atoms with Crippen LogP contribution >= 0.6 is 0 Å². The van der Waals surface area contributed by atoms with Crippen LogP contribution in [0.3, 0.4) is 0 Å². The topological polar surface area (TPSA) is 78.2 Å². The number of hydrogen-bond acceptors (Lipinski definition) is 4. The first-order chi connectivity index (χ1) is 11.4. The first kappa shape index (κ1) is 15.9. The van der Waals surface area contributed by atoms with Gasteiger partial charge in [-0.25, -0.2) is 9.78 Å². The number of ether oxygens (including phenoxy) is 1. The van der Waals surface area contributed by atoms with Crippen LogP contribution in [0.15, 0.2) is 30.5 Å². The van der Waals surface area contributed by atoms with Crippen LogP contribution in [0, 0.1) is 0 Å². The molecule has 2 radical (unpaired) electrons. The number of esters is 1. The molecule has 1 aromatic carbocycles. The van der Waals surface area contributed by atoms with Crippen molar-refractivity contribution in [3.8, 4) is 11.5 Å². The molecule has 0 unspecified atom stereocenters. The highest BCUT2D eigenvalue weighted by Gasteiger charge is 2.16. The molecule has 0 saturated carbocycles. The Hall–Kier alpha value is -3.03. The van der Waals surface area contributed by atoms with E-state index in [1.807, 2.05) is 29.3 Å². The summed E-state index contributed by atoms with van der Waals surface area (Å²) >= 11 is 0. The van der Waals surface area contributed by atoms with Crippen LogP contribution in [-0.2, 0) is 18.8 Å². The number of benzene rings is 1. The van der Waals surface area contributed by atoms with Crippen LogP contribution in [0.4, 0.5) is 10.5 Å². The fourth-order valence-electron chi connectivity index (χ4n) is 2.67. The zero-order valence-electron chi connectivity index (χ0n) is 13.5. The maximum absolute atomic E-state index is 11.7. The number of rotatable bonds is 3. The van der Waals surface area contributed by atoms with Gasteiger partial charge in [0.1, 0.15) is 0 Å². The molecule has 24 heavy (non-hydrogen) atoms. The summed E-state index contributed by atoms with van der Waals surface area (Å²) in [5.74, 6) is -0.331. The highest BCUT2D eigenvalue weighted by atomic mass is 16.5. The Bertz CT molecular complexity index is 958. The Kier molecular flexibility index (Phi) is 3.88. The Morgan fingerprint density at radius 3 is 2.67 bits per heavy atom. The Morgan fingerprint density at radius 2 is 2.00 bits per heavy atom. The number of imidazole rings is 1. The van der Waals surface area contributed by atoms with E-state index in [4.69, 9.17) is 12.6 Å². The van der Waals surface area contributed by atoms with Crippen LogP contribution in [0.25, 0.3) is 22.6 Å². The third-order valence-corrected chi connectivity index (χ3v) is 3.80.